The second-order valence-electron chi connectivity index (χ2n) is 4.76. The lowest BCUT2D eigenvalue weighted by atomic mass is 9.90. The number of carbonyl (C=O) groups is 1. The number of amides is 1. The van der Waals surface area contributed by atoms with E-state index in [1.165, 1.54) is 11.3 Å². The minimum Gasteiger partial charge on any atom is -0.335 e. The molecule has 1 heterocycles. The van der Waals surface area contributed by atoms with E-state index in [1.54, 1.807) is 6.07 Å². The van der Waals surface area contributed by atoms with Crippen LogP contribution in [0.25, 0.3) is 0 Å². The average molecular weight is 287 g/mol. The Bertz CT molecular complexity index is 413. The summed E-state index contributed by atoms with van der Waals surface area (Å²) >= 11 is 7.46. The lowest BCUT2D eigenvalue weighted by molar-refractivity contribution is 0.0646. The molecular formula is C13H19ClN2OS. The Balaban J connectivity index is 2.09. The molecule has 2 N–H and O–H groups in total. The average Bonchev–Trinajstić information content (AvgIpc) is 2.78. The summed E-state index contributed by atoms with van der Waals surface area (Å²) in [6.45, 7) is 2.75. The van der Waals surface area contributed by atoms with Crippen molar-refractivity contribution >= 4 is 28.8 Å². The SMILES string of the molecule is CCN(C(=O)c1sccc1Cl)C1CCC(N)CC1. The van der Waals surface area contributed by atoms with Gasteiger partial charge in [0.25, 0.3) is 5.91 Å². The van der Waals surface area contributed by atoms with Crippen LogP contribution in [-0.4, -0.2) is 29.4 Å². The van der Waals surface area contributed by atoms with Gasteiger partial charge in [0.05, 0.1) is 5.02 Å². The molecule has 0 spiro atoms. The summed E-state index contributed by atoms with van der Waals surface area (Å²) < 4.78 is 0. The minimum atomic E-state index is 0.0676. The van der Waals surface area contributed by atoms with Gasteiger partial charge in [-0.2, -0.15) is 0 Å². The first-order chi connectivity index (χ1) is 8.63. The van der Waals surface area contributed by atoms with Crippen molar-refractivity contribution in [1.29, 1.82) is 0 Å². The minimum absolute atomic E-state index is 0.0676. The van der Waals surface area contributed by atoms with E-state index in [0.717, 1.165) is 32.2 Å². The van der Waals surface area contributed by atoms with Gasteiger partial charge in [0.1, 0.15) is 4.88 Å². The second-order valence-corrected chi connectivity index (χ2v) is 6.08. The predicted octanol–water partition coefficient (Wildman–Crippen LogP) is 3.13. The first kappa shape index (κ1) is 13.8. The van der Waals surface area contributed by atoms with Crippen LogP contribution in [0.5, 0.6) is 0 Å². The Labute approximate surface area is 117 Å². The standard InChI is InChI=1S/C13H19ClN2OS/c1-2-16(10-5-3-9(15)4-6-10)13(17)12-11(14)7-8-18-12/h7-10H,2-6,15H2,1H3. The van der Waals surface area contributed by atoms with Gasteiger partial charge in [0.15, 0.2) is 0 Å². The molecule has 1 aliphatic carbocycles. The van der Waals surface area contributed by atoms with Crippen molar-refractivity contribution in [2.45, 2.75) is 44.7 Å². The third kappa shape index (κ3) is 2.87. The molecule has 0 saturated heterocycles. The van der Waals surface area contributed by atoms with Crippen LogP contribution in [0, 0.1) is 0 Å². The summed E-state index contributed by atoms with van der Waals surface area (Å²) in [7, 11) is 0. The van der Waals surface area contributed by atoms with Crippen LogP contribution in [0.15, 0.2) is 11.4 Å². The topological polar surface area (TPSA) is 46.3 Å². The Morgan fingerprint density at radius 3 is 2.67 bits per heavy atom. The molecule has 0 radical (unpaired) electrons. The highest BCUT2D eigenvalue weighted by Gasteiger charge is 2.28. The van der Waals surface area contributed by atoms with Crippen molar-refractivity contribution in [2.24, 2.45) is 5.73 Å². The first-order valence-electron chi connectivity index (χ1n) is 6.43. The Kier molecular flexibility index (Phi) is 4.65. The number of hydrogen-bond donors (Lipinski definition) is 1. The molecule has 0 aromatic carbocycles. The maximum Gasteiger partial charge on any atom is 0.265 e. The van der Waals surface area contributed by atoms with Gasteiger partial charge in [0.2, 0.25) is 0 Å². The third-order valence-electron chi connectivity index (χ3n) is 3.60. The fraction of sp³-hybridized carbons (Fsp3) is 0.615. The van der Waals surface area contributed by atoms with Crippen molar-refractivity contribution in [3.63, 3.8) is 0 Å². The third-order valence-corrected chi connectivity index (χ3v) is 4.92. The van der Waals surface area contributed by atoms with E-state index in [-0.39, 0.29) is 5.91 Å². The summed E-state index contributed by atoms with van der Waals surface area (Å²) in [5.41, 5.74) is 5.91. The van der Waals surface area contributed by atoms with Crippen molar-refractivity contribution in [3.8, 4) is 0 Å². The van der Waals surface area contributed by atoms with Crippen molar-refractivity contribution in [3.05, 3.63) is 21.3 Å². The van der Waals surface area contributed by atoms with Crippen molar-refractivity contribution in [2.75, 3.05) is 6.54 Å². The lowest BCUT2D eigenvalue weighted by Gasteiger charge is -2.35. The van der Waals surface area contributed by atoms with Crippen LogP contribution < -0.4 is 5.73 Å². The van der Waals surface area contributed by atoms with E-state index >= 15 is 0 Å². The maximum absolute atomic E-state index is 12.5. The number of nitrogens with zero attached hydrogens (tertiary/aromatic N) is 1. The molecule has 0 unspecified atom stereocenters. The highest BCUT2D eigenvalue weighted by Crippen LogP contribution is 2.28. The molecule has 0 bridgehead atoms. The molecule has 1 aromatic rings. The molecule has 5 heteroatoms. The Morgan fingerprint density at radius 2 is 2.17 bits per heavy atom. The zero-order valence-electron chi connectivity index (χ0n) is 10.6. The molecule has 0 aliphatic heterocycles. The zero-order valence-corrected chi connectivity index (χ0v) is 12.1. The quantitative estimate of drug-likeness (QED) is 0.928. The fourth-order valence-electron chi connectivity index (χ4n) is 2.56. The monoisotopic (exact) mass is 286 g/mol. The normalized spacial score (nSPS) is 23.9. The molecule has 1 amide bonds. The van der Waals surface area contributed by atoms with Gasteiger partial charge >= 0.3 is 0 Å². The van der Waals surface area contributed by atoms with Gasteiger partial charge in [-0.15, -0.1) is 11.3 Å². The van der Waals surface area contributed by atoms with E-state index in [0.29, 0.717) is 22.0 Å². The van der Waals surface area contributed by atoms with Crippen LogP contribution in [0.2, 0.25) is 5.02 Å². The Hall–Kier alpha value is -0.580. The highest BCUT2D eigenvalue weighted by molar-refractivity contribution is 7.12. The van der Waals surface area contributed by atoms with Crippen LogP contribution >= 0.6 is 22.9 Å². The fourth-order valence-corrected chi connectivity index (χ4v) is 3.65. The van der Waals surface area contributed by atoms with E-state index in [2.05, 4.69) is 0 Å². The summed E-state index contributed by atoms with van der Waals surface area (Å²) in [4.78, 5) is 15.1. The second kappa shape index (κ2) is 6.04. The predicted molar refractivity (Wildman–Crippen MR) is 76.3 cm³/mol. The summed E-state index contributed by atoms with van der Waals surface area (Å²) in [6, 6.07) is 2.41. The van der Waals surface area contributed by atoms with Crippen LogP contribution in [0.3, 0.4) is 0 Å². The van der Waals surface area contributed by atoms with Crippen LogP contribution in [0.4, 0.5) is 0 Å². The summed E-state index contributed by atoms with van der Waals surface area (Å²) in [5, 5.41) is 2.43. The molecule has 1 saturated carbocycles. The maximum atomic E-state index is 12.5. The zero-order chi connectivity index (χ0) is 13.1. The number of thiophene rings is 1. The van der Waals surface area contributed by atoms with E-state index in [4.69, 9.17) is 17.3 Å². The van der Waals surface area contributed by atoms with Gasteiger partial charge in [-0.05, 0) is 44.1 Å². The first-order valence-corrected chi connectivity index (χ1v) is 7.68. The summed E-state index contributed by atoms with van der Waals surface area (Å²) in [6.07, 6.45) is 4.02. The molecule has 100 valence electrons. The summed E-state index contributed by atoms with van der Waals surface area (Å²) in [5.74, 6) is 0.0676. The van der Waals surface area contributed by atoms with E-state index in [9.17, 15) is 4.79 Å². The lowest BCUT2D eigenvalue weighted by Crippen LogP contribution is -2.44. The number of carbonyl (C=O) groups excluding carboxylic acids is 1. The van der Waals surface area contributed by atoms with Gasteiger partial charge in [-0.3, -0.25) is 4.79 Å². The molecule has 18 heavy (non-hydrogen) atoms. The van der Waals surface area contributed by atoms with Crippen LogP contribution in [0.1, 0.15) is 42.3 Å². The molecule has 1 aromatic heterocycles. The van der Waals surface area contributed by atoms with Crippen LogP contribution in [-0.2, 0) is 0 Å². The van der Waals surface area contributed by atoms with Gasteiger partial charge in [-0.1, -0.05) is 11.6 Å². The van der Waals surface area contributed by atoms with Crippen molar-refractivity contribution in [1.82, 2.24) is 4.90 Å². The number of hydrogen-bond acceptors (Lipinski definition) is 3. The van der Waals surface area contributed by atoms with Gasteiger partial charge < -0.3 is 10.6 Å². The van der Waals surface area contributed by atoms with E-state index in [1.807, 2.05) is 17.2 Å². The molecule has 3 nitrogen and oxygen atoms in total. The molecule has 2 rings (SSSR count). The van der Waals surface area contributed by atoms with Gasteiger partial charge in [0, 0.05) is 18.6 Å². The molecule has 1 fully saturated rings. The number of nitrogens with two attached hydrogens (primary N) is 1. The smallest absolute Gasteiger partial charge is 0.265 e. The molecule has 1 aliphatic rings. The van der Waals surface area contributed by atoms with Gasteiger partial charge in [-0.25, -0.2) is 0 Å². The highest BCUT2D eigenvalue weighted by atomic mass is 35.5. The number of rotatable bonds is 3. The van der Waals surface area contributed by atoms with E-state index < -0.39 is 0 Å². The number of halogens is 1. The van der Waals surface area contributed by atoms with Crippen molar-refractivity contribution < 1.29 is 4.79 Å². The molecule has 0 atom stereocenters. The largest absolute Gasteiger partial charge is 0.335 e. The Morgan fingerprint density at radius 1 is 1.50 bits per heavy atom. The molecular weight excluding hydrogens is 268 g/mol.